The molecule has 2 rings (SSSR count). The summed E-state index contributed by atoms with van der Waals surface area (Å²) in [6, 6.07) is 6.01. The van der Waals surface area contributed by atoms with E-state index in [1.165, 1.54) is 12.1 Å². The number of benzene rings is 1. The minimum atomic E-state index is -4.63. The van der Waals surface area contributed by atoms with E-state index in [1.54, 1.807) is 12.1 Å². The van der Waals surface area contributed by atoms with Gasteiger partial charge in [-0.1, -0.05) is 0 Å². The third-order valence-corrected chi connectivity index (χ3v) is 2.78. The highest BCUT2D eigenvalue weighted by molar-refractivity contribution is 5.49. The van der Waals surface area contributed by atoms with Crippen molar-refractivity contribution in [1.82, 2.24) is 5.32 Å². The lowest BCUT2D eigenvalue weighted by molar-refractivity contribution is -0.274. The van der Waals surface area contributed by atoms with Crippen LogP contribution in [0.15, 0.2) is 24.3 Å². The molecule has 1 saturated heterocycles. The normalized spacial score (nSPS) is 17.4. The maximum absolute atomic E-state index is 12.0. The zero-order valence-electron chi connectivity index (χ0n) is 9.83. The Hall–Kier alpha value is -1.43. The van der Waals surface area contributed by atoms with Gasteiger partial charge in [0.1, 0.15) is 5.75 Å². The molecule has 0 spiro atoms. The first-order valence-electron chi connectivity index (χ1n) is 5.86. The van der Waals surface area contributed by atoms with Crippen molar-refractivity contribution in [3.05, 3.63) is 24.3 Å². The van der Waals surface area contributed by atoms with Gasteiger partial charge in [-0.2, -0.15) is 0 Å². The van der Waals surface area contributed by atoms with Gasteiger partial charge in [0.15, 0.2) is 0 Å². The van der Waals surface area contributed by atoms with E-state index in [0.717, 1.165) is 38.3 Å². The van der Waals surface area contributed by atoms with Crippen molar-refractivity contribution in [3.63, 3.8) is 0 Å². The molecular formula is C12H15F3N2O. The van der Waals surface area contributed by atoms with Gasteiger partial charge in [0.2, 0.25) is 0 Å². The van der Waals surface area contributed by atoms with Crippen LogP contribution in [0.2, 0.25) is 0 Å². The topological polar surface area (TPSA) is 24.5 Å². The fourth-order valence-electron chi connectivity index (χ4n) is 1.96. The second-order valence-corrected chi connectivity index (χ2v) is 4.13. The van der Waals surface area contributed by atoms with Crippen LogP contribution in [0.3, 0.4) is 0 Å². The maximum Gasteiger partial charge on any atom is 0.573 e. The average molecular weight is 260 g/mol. The molecular weight excluding hydrogens is 245 g/mol. The van der Waals surface area contributed by atoms with Crippen LogP contribution < -0.4 is 15.0 Å². The van der Waals surface area contributed by atoms with Gasteiger partial charge in [-0.3, -0.25) is 0 Å². The molecule has 1 aliphatic rings. The van der Waals surface area contributed by atoms with Gasteiger partial charge in [0.25, 0.3) is 0 Å². The molecule has 3 nitrogen and oxygen atoms in total. The van der Waals surface area contributed by atoms with Crippen LogP contribution in [0, 0.1) is 0 Å². The van der Waals surface area contributed by atoms with E-state index in [4.69, 9.17) is 0 Å². The highest BCUT2D eigenvalue weighted by Gasteiger charge is 2.31. The zero-order valence-corrected chi connectivity index (χ0v) is 9.83. The van der Waals surface area contributed by atoms with Crippen LogP contribution in [0.25, 0.3) is 0 Å². The number of halogens is 3. The molecule has 0 amide bonds. The van der Waals surface area contributed by atoms with Gasteiger partial charge in [0, 0.05) is 25.3 Å². The third kappa shape index (κ3) is 3.80. The van der Waals surface area contributed by atoms with Gasteiger partial charge >= 0.3 is 6.36 Å². The van der Waals surface area contributed by atoms with Gasteiger partial charge in [-0.15, -0.1) is 13.2 Å². The fraction of sp³-hybridized carbons (Fsp3) is 0.500. The molecule has 0 aliphatic carbocycles. The number of hydrogen-bond donors (Lipinski definition) is 1. The number of ether oxygens (including phenoxy) is 1. The molecule has 1 N–H and O–H groups in total. The van der Waals surface area contributed by atoms with Crippen molar-refractivity contribution in [1.29, 1.82) is 0 Å². The van der Waals surface area contributed by atoms with E-state index in [2.05, 4.69) is 15.0 Å². The predicted octanol–water partition coefficient (Wildman–Crippen LogP) is 2.38. The molecule has 1 aromatic rings. The SMILES string of the molecule is FC(F)(F)Oc1ccc(N2CCCNCC2)cc1. The summed E-state index contributed by atoms with van der Waals surface area (Å²) in [6.07, 6.45) is -3.60. The number of alkyl halides is 3. The molecule has 1 heterocycles. The average Bonchev–Trinajstić information content (AvgIpc) is 2.56. The number of rotatable bonds is 2. The van der Waals surface area contributed by atoms with E-state index in [-0.39, 0.29) is 5.75 Å². The lowest BCUT2D eigenvalue weighted by atomic mass is 10.2. The Morgan fingerprint density at radius 1 is 1.06 bits per heavy atom. The van der Waals surface area contributed by atoms with Gasteiger partial charge in [-0.05, 0) is 37.2 Å². The molecule has 0 unspecified atom stereocenters. The second-order valence-electron chi connectivity index (χ2n) is 4.13. The van der Waals surface area contributed by atoms with Crippen molar-refractivity contribution in [2.45, 2.75) is 12.8 Å². The quantitative estimate of drug-likeness (QED) is 0.883. The molecule has 1 fully saturated rings. The van der Waals surface area contributed by atoms with Crippen LogP contribution in [0.5, 0.6) is 5.75 Å². The molecule has 1 aromatic carbocycles. The van der Waals surface area contributed by atoms with E-state index in [9.17, 15) is 13.2 Å². The third-order valence-electron chi connectivity index (χ3n) is 2.78. The minimum absolute atomic E-state index is 0.181. The molecule has 1 aliphatic heterocycles. The first-order valence-corrected chi connectivity index (χ1v) is 5.86. The fourth-order valence-corrected chi connectivity index (χ4v) is 1.96. The number of nitrogens with one attached hydrogen (secondary N) is 1. The number of anilines is 1. The Kier molecular flexibility index (Phi) is 3.96. The Bertz CT molecular complexity index is 370. The van der Waals surface area contributed by atoms with Crippen LogP contribution in [-0.4, -0.2) is 32.5 Å². The highest BCUT2D eigenvalue weighted by Crippen LogP contribution is 2.25. The molecule has 0 atom stereocenters. The zero-order chi connectivity index (χ0) is 13.0. The summed E-state index contributed by atoms with van der Waals surface area (Å²) in [7, 11) is 0. The Morgan fingerprint density at radius 3 is 2.44 bits per heavy atom. The summed E-state index contributed by atoms with van der Waals surface area (Å²) in [5, 5.41) is 3.27. The first-order chi connectivity index (χ1) is 8.54. The van der Waals surface area contributed by atoms with Crippen molar-refractivity contribution in [2.75, 3.05) is 31.1 Å². The molecule has 18 heavy (non-hydrogen) atoms. The summed E-state index contributed by atoms with van der Waals surface area (Å²) in [5.74, 6) is -0.181. The highest BCUT2D eigenvalue weighted by atomic mass is 19.4. The maximum atomic E-state index is 12.0. The summed E-state index contributed by atoms with van der Waals surface area (Å²) in [5.41, 5.74) is 0.924. The minimum Gasteiger partial charge on any atom is -0.406 e. The smallest absolute Gasteiger partial charge is 0.406 e. The first kappa shape index (κ1) is 13.0. The molecule has 0 aromatic heterocycles. The number of hydrogen-bond acceptors (Lipinski definition) is 3. The molecule has 0 saturated carbocycles. The van der Waals surface area contributed by atoms with Crippen molar-refractivity contribution >= 4 is 5.69 Å². The number of nitrogens with zero attached hydrogens (tertiary/aromatic N) is 1. The van der Waals surface area contributed by atoms with Crippen LogP contribution >= 0.6 is 0 Å². The summed E-state index contributed by atoms with van der Waals surface area (Å²) in [6.45, 7) is 3.64. The van der Waals surface area contributed by atoms with E-state index in [0.29, 0.717) is 0 Å². The van der Waals surface area contributed by atoms with Gasteiger partial charge in [0.05, 0.1) is 0 Å². The summed E-state index contributed by atoms with van der Waals surface area (Å²) in [4.78, 5) is 2.15. The Morgan fingerprint density at radius 2 is 1.78 bits per heavy atom. The van der Waals surface area contributed by atoms with E-state index < -0.39 is 6.36 Å². The van der Waals surface area contributed by atoms with Crippen molar-refractivity contribution in [2.24, 2.45) is 0 Å². The van der Waals surface area contributed by atoms with E-state index >= 15 is 0 Å². The lowest BCUT2D eigenvalue weighted by Crippen LogP contribution is -2.27. The molecule has 0 radical (unpaired) electrons. The molecule has 0 bridgehead atoms. The lowest BCUT2D eigenvalue weighted by Gasteiger charge is -2.22. The van der Waals surface area contributed by atoms with Crippen LogP contribution in [0.4, 0.5) is 18.9 Å². The largest absolute Gasteiger partial charge is 0.573 e. The Labute approximate surface area is 104 Å². The van der Waals surface area contributed by atoms with Crippen molar-refractivity contribution < 1.29 is 17.9 Å². The second kappa shape index (κ2) is 5.48. The molecule has 100 valence electrons. The summed E-state index contributed by atoms with van der Waals surface area (Å²) < 4.78 is 39.9. The van der Waals surface area contributed by atoms with Gasteiger partial charge < -0.3 is 15.0 Å². The van der Waals surface area contributed by atoms with E-state index in [1.807, 2.05) is 0 Å². The standard InChI is InChI=1S/C12H15F3N2O/c13-12(14,15)18-11-4-2-10(3-5-11)17-8-1-6-16-7-9-17/h2-5,16H,1,6-9H2. The van der Waals surface area contributed by atoms with Crippen LogP contribution in [0.1, 0.15) is 6.42 Å². The van der Waals surface area contributed by atoms with Gasteiger partial charge in [-0.25, -0.2) is 0 Å². The monoisotopic (exact) mass is 260 g/mol. The summed E-state index contributed by atoms with van der Waals surface area (Å²) >= 11 is 0. The van der Waals surface area contributed by atoms with Crippen molar-refractivity contribution in [3.8, 4) is 5.75 Å². The predicted molar refractivity (Wildman–Crippen MR) is 62.8 cm³/mol. The Balaban J connectivity index is 2.02. The van der Waals surface area contributed by atoms with Crippen LogP contribution in [-0.2, 0) is 0 Å². The molecule has 6 heteroatoms.